The van der Waals surface area contributed by atoms with E-state index in [0.29, 0.717) is 13.1 Å². The van der Waals surface area contributed by atoms with Gasteiger partial charge in [-0.1, -0.05) is 13.3 Å². The van der Waals surface area contributed by atoms with Crippen molar-refractivity contribution < 1.29 is 9.59 Å². The van der Waals surface area contributed by atoms with Crippen LogP contribution in [-0.2, 0) is 9.59 Å². The van der Waals surface area contributed by atoms with Crippen LogP contribution >= 0.6 is 0 Å². The Kier molecular flexibility index (Phi) is 3.92. The van der Waals surface area contributed by atoms with Crippen molar-refractivity contribution in [1.29, 1.82) is 0 Å². The highest BCUT2D eigenvalue weighted by atomic mass is 16.2. The van der Waals surface area contributed by atoms with Crippen molar-refractivity contribution in [3.8, 4) is 0 Å². The number of nitrogens with zero attached hydrogens (tertiary/aromatic N) is 1. The topological polar surface area (TPSA) is 49.4 Å². The average Bonchev–Trinajstić information content (AvgIpc) is 2.01. The van der Waals surface area contributed by atoms with Gasteiger partial charge in [0, 0.05) is 26.6 Å². The van der Waals surface area contributed by atoms with Gasteiger partial charge in [-0.15, -0.1) is 0 Å². The average molecular weight is 198 g/mol. The molecule has 0 atom stereocenters. The predicted octanol–water partition coefficient (Wildman–Crippen LogP) is 0.381. The molecule has 0 aromatic heterocycles. The molecule has 0 radical (unpaired) electrons. The van der Waals surface area contributed by atoms with E-state index in [1.807, 2.05) is 0 Å². The predicted molar refractivity (Wildman–Crippen MR) is 53.7 cm³/mol. The van der Waals surface area contributed by atoms with Crippen molar-refractivity contribution in [2.75, 3.05) is 19.6 Å². The highest BCUT2D eigenvalue weighted by molar-refractivity contribution is 5.83. The Balaban J connectivity index is 2.13. The van der Waals surface area contributed by atoms with Crippen LogP contribution in [-0.4, -0.2) is 36.3 Å². The van der Waals surface area contributed by atoms with E-state index in [0.717, 1.165) is 19.4 Å². The van der Waals surface area contributed by atoms with Crippen LogP contribution in [0.3, 0.4) is 0 Å². The standard InChI is InChI=1S/C10H18N2O2/c1-3-4-5-11-10(14)9-6-12(7-9)8(2)13/h9H,3-7H2,1-2H3,(H,11,14). The fraction of sp³-hybridized carbons (Fsp3) is 0.800. The summed E-state index contributed by atoms with van der Waals surface area (Å²) in [4.78, 5) is 24.0. The molecule has 0 saturated carbocycles. The maximum absolute atomic E-state index is 11.4. The molecule has 1 rings (SSSR count). The van der Waals surface area contributed by atoms with E-state index in [4.69, 9.17) is 0 Å². The van der Waals surface area contributed by atoms with Gasteiger partial charge in [-0.2, -0.15) is 0 Å². The van der Waals surface area contributed by atoms with Gasteiger partial charge in [0.2, 0.25) is 11.8 Å². The van der Waals surface area contributed by atoms with Crippen molar-refractivity contribution in [3.05, 3.63) is 0 Å². The first-order chi connectivity index (χ1) is 6.65. The van der Waals surface area contributed by atoms with E-state index in [1.54, 1.807) is 4.90 Å². The number of rotatable bonds is 4. The first-order valence-electron chi connectivity index (χ1n) is 5.18. The van der Waals surface area contributed by atoms with Gasteiger partial charge >= 0.3 is 0 Å². The zero-order valence-corrected chi connectivity index (χ0v) is 8.88. The molecule has 1 heterocycles. The smallest absolute Gasteiger partial charge is 0.226 e. The summed E-state index contributed by atoms with van der Waals surface area (Å²) >= 11 is 0. The van der Waals surface area contributed by atoms with E-state index in [-0.39, 0.29) is 17.7 Å². The molecule has 14 heavy (non-hydrogen) atoms. The van der Waals surface area contributed by atoms with Crippen LogP contribution in [0.1, 0.15) is 26.7 Å². The summed E-state index contributed by atoms with van der Waals surface area (Å²) in [6, 6.07) is 0. The van der Waals surface area contributed by atoms with Gasteiger partial charge in [0.1, 0.15) is 0 Å². The van der Waals surface area contributed by atoms with Crippen molar-refractivity contribution in [2.24, 2.45) is 5.92 Å². The lowest BCUT2D eigenvalue weighted by Gasteiger charge is -2.37. The Bertz CT molecular complexity index is 222. The van der Waals surface area contributed by atoms with Gasteiger partial charge in [0.25, 0.3) is 0 Å². The minimum atomic E-state index is 0.0238. The van der Waals surface area contributed by atoms with Crippen LogP contribution in [0.2, 0.25) is 0 Å². The van der Waals surface area contributed by atoms with Crippen molar-refractivity contribution in [3.63, 3.8) is 0 Å². The van der Waals surface area contributed by atoms with Crippen molar-refractivity contribution in [1.82, 2.24) is 10.2 Å². The molecule has 0 spiro atoms. The van der Waals surface area contributed by atoms with Crippen LogP contribution in [0.4, 0.5) is 0 Å². The second-order valence-electron chi connectivity index (χ2n) is 3.77. The van der Waals surface area contributed by atoms with Gasteiger partial charge < -0.3 is 10.2 Å². The lowest BCUT2D eigenvalue weighted by Crippen LogP contribution is -2.55. The molecular weight excluding hydrogens is 180 g/mol. The van der Waals surface area contributed by atoms with E-state index >= 15 is 0 Å². The zero-order chi connectivity index (χ0) is 10.6. The zero-order valence-electron chi connectivity index (χ0n) is 8.88. The Hall–Kier alpha value is -1.06. The molecular formula is C10H18N2O2. The summed E-state index contributed by atoms with van der Waals surface area (Å²) in [6.45, 7) is 5.56. The van der Waals surface area contributed by atoms with Crippen LogP contribution in [0.5, 0.6) is 0 Å². The lowest BCUT2D eigenvalue weighted by molar-refractivity contribution is -0.141. The fourth-order valence-corrected chi connectivity index (χ4v) is 1.43. The fourth-order valence-electron chi connectivity index (χ4n) is 1.43. The molecule has 1 N–H and O–H groups in total. The molecule has 4 nitrogen and oxygen atoms in total. The monoisotopic (exact) mass is 198 g/mol. The molecule has 2 amide bonds. The normalized spacial score (nSPS) is 16.3. The second kappa shape index (κ2) is 4.98. The summed E-state index contributed by atoms with van der Waals surface area (Å²) < 4.78 is 0. The number of unbranched alkanes of at least 4 members (excludes halogenated alkanes) is 1. The Morgan fingerprint density at radius 3 is 2.57 bits per heavy atom. The number of nitrogens with one attached hydrogen (secondary N) is 1. The van der Waals surface area contributed by atoms with Gasteiger partial charge in [-0.05, 0) is 6.42 Å². The minimum absolute atomic E-state index is 0.0238. The first-order valence-corrected chi connectivity index (χ1v) is 5.18. The number of likely N-dealkylation sites (tertiary alicyclic amines) is 1. The number of hydrogen-bond donors (Lipinski definition) is 1. The van der Waals surface area contributed by atoms with E-state index < -0.39 is 0 Å². The molecule has 0 bridgehead atoms. The third-order valence-electron chi connectivity index (χ3n) is 2.53. The largest absolute Gasteiger partial charge is 0.356 e. The van der Waals surface area contributed by atoms with Crippen LogP contribution in [0, 0.1) is 5.92 Å². The molecule has 1 saturated heterocycles. The Morgan fingerprint density at radius 2 is 2.07 bits per heavy atom. The van der Waals surface area contributed by atoms with Gasteiger partial charge in [0.05, 0.1) is 5.92 Å². The lowest BCUT2D eigenvalue weighted by atomic mass is 9.99. The highest BCUT2D eigenvalue weighted by Crippen LogP contribution is 2.15. The van der Waals surface area contributed by atoms with E-state index in [1.165, 1.54) is 6.92 Å². The summed E-state index contributed by atoms with van der Waals surface area (Å²) in [6.07, 6.45) is 2.11. The summed E-state index contributed by atoms with van der Waals surface area (Å²) in [5, 5.41) is 2.87. The molecule has 0 unspecified atom stereocenters. The van der Waals surface area contributed by atoms with Crippen molar-refractivity contribution >= 4 is 11.8 Å². The molecule has 1 aliphatic rings. The summed E-state index contributed by atoms with van der Waals surface area (Å²) in [7, 11) is 0. The summed E-state index contributed by atoms with van der Waals surface area (Å²) in [5.74, 6) is 0.175. The molecule has 80 valence electrons. The van der Waals surface area contributed by atoms with Gasteiger partial charge in [-0.3, -0.25) is 9.59 Å². The molecule has 0 aliphatic carbocycles. The summed E-state index contributed by atoms with van der Waals surface area (Å²) in [5.41, 5.74) is 0. The van der Waals surface area contributed by atoms with Gasteiger partial charge in [-0.25, -0.2) is 0 Å². The minimum Gasteiger partial charge on any atom is -0.356 e. The van der Waals surface area contributed by atoms with Crippen LogP contribution in [0.15, 0.2) is 0 Å². The van der Waals surface area contributed by atoms with Crippen LogP contribution < -0.4 is 5.32 Å². The maximum atomic E-state index is 11.4. The Labute approximate surface area is 84.7 Å². The Morgan fingerprint density at radius 1 is 1.43 bits per heavy atom. The molecule has 0 aromatic carbocycles. The number of carbonyl (C=O) groups excluding carboxylic acids is 2. The van der Waals surface area contributed by atoms with Crippen molar-refractivity contribution in [2.45, 2.75) is 26.7 Å². The first kappa shape index (κ1) is 11.0. The van der Waals surface area contributed by atoms with E-state index in [2.05, 4.69) is 12.2 Å². The molecule has 0 aromatic rings. The number of hydrogen-bond acceptors (Lipinski definition) is 2. The quantitative estimate of drug-likeness (QED) is 0.664. The number of carbonyl (C=O) groups is 2. The molecule has 4 heteroatoms. The second-order valence-corrected chi connectivity index (χ2v) is 3.77. The van der Waals surface area contributed by atoms with Gasteiger partial charge in [0.15, 0.2) is 0 Å². The van der Waals surface area contributed by atoms with Crippen LogP contribution in [0.25, 0.3) is 0 Å². The third kappa shape index (κ3) is 2.72. The maximum Gasteiger partial charge on any atom is 0.226 e. The van der Waals surface area contributed by atoms with E-state index in [9.17, 15) is 9.59 Å². The highest BCUT2D eigenvalue weighted by Gasteiger charge is 2.33. The SMILES string of the molecule is CCCCNC(=O)C1CN(C(C)=O)C1. The molecule has 1 fully saturated rings. The third-order valence-corrected chi connectivity index (χ3v) is 2.53. The molecule has 1 aliphatic heterocycles. The number of amides is 2.